The van der Waals surface area contributed by atoms with E-state index >= 15 is 0 Å². The molecule has 0 radical (unpaired) electrons. The van der Waals surface area contributed by atoms with Crippen molar-refractivity contribution in [1.82, 2.24) is 0 Å². The maximum Gasteiger partial charge on any atom is 0.209 e. The number of rotatable bonds is 6. The Bertz CT molecular complexity index is 428. The van der Waals surface area contributed by atoms with E-state index in [1.807, 2.05) is 44.2 Å². The molecule has 0 amide bonds. The van der Waals surface area contributed by atoms with Crippen LogP contribution < -0.4 is 5.14 Å². The van der Waals surface area contributed by atoms with Gasteiger partial charge in [0.05, 0.1) is 18.5 Å². The average Bonchev–Trinajstić information content (AvgIpc) is 2.24. The molecule has 0 saturated carbocycles. The largest absolute Gasteiger partial charge is 0.378 e. The molecule has 0 saturated heterocycles. The number of sulfonamides is 1. The first-order valence-electron chi connectivity index (χ1n) is 5.55. The number of nitrogens with two attached hydrogens (primary N) is 1. The minimum absolute atomic E-state index is 0.0710. The molecule has 1 atom stereocenters. The van der Waals surface area contributed by atoms with E-state index in [4.69, 9.17) is 9.88 Å². The van der Waals surface area contributed by atoms with Crippen molar-refractivity contribution in [2.24, 2.45) is 5.14 Å². The Morgan fingerprint density at radius 2 is 1.82 bits per heavy atom. The molecule has 0 aliphatic carbocycles. The summed E-state index contributed by atoms with van der Waals surface area (Å²) in [6, 6.07) is 9.42. The van der Waals surface area contributed by atoms with Crippen LogP contribution in [0.5, 0.6) is 0 Å². The highest BCUT2D eigenvalue weighted by molar-refractivity contribution is 7.89. The van der Waals surface area contributed by atoms with Crippen LogP contribution in [0.1, 0.15) is 25.3 Å². The van der Waals surface area contributed by atoms with Gasteiger partial charge in [-0.2, -0.15) is 0 Å². The van der Waals surface area contributed by atoms with Crippen molar-refractivity contribution in [2.75, 3.05) is 12.4 Å². The molecule has 0 spiro atoms. The minimum Gasteiger partial charge on any atom is -0.378 e. The molecule has 0 fully saturated rings. The highest BCUT2D eigenvalue weighted by Gasteiger charge is 2.18. The van der Waals surface area contributed by atoms with Crippen LogP contribution >= 0.6 is 0 Å². The van der Waals surface area contributed by atoms with Crippen LogP contribution in [0.25, 0.3) is 0 Å². The third kappa shape index (κ3) is 5.81. The first-order valence-corrected chi connectivity index (χ1v) is 7.27. The van der Waals surface area contributed by atoms with E-state index in [2.05, 4.69) is 0 Å². The summed E-state index contributed by atoms with van der Waals surface area (Å²) in [4.78, 5) is 0. The summed E-state index contributed by atoms with van der Waals surface area (Å²) >= 11 is 0. The Morgan fingerprint density at radius 3 is 2.29 bits per heavy atom. The van der Waals surface area contributed by atoms with Crippen molar-refractivity contribution in [2.45, 2.75) is 25.9 Å². The standard InChI is InChI=1S/C12H19NO3S/c1-10(2)16-8-12(9-17(13,14)15)11-6-4-3-5-7-11/h3-7,10,12H,8-9H2,1-2H3,(H2,13,14,15). The van der Waals surface area contributed by atoms with Crippen LogP contribution in [-0.4, -0.2) is 26.9 Å². The van der Waals surface area contributed by atoms with Gasteiger partial charge in [-0.25, -0.2) is 13.6 Å². The van der Waals surface area contributed by atoms with E-state index in [0.717, 1.165) is 5.56 Å². The van der Waals surface area contributed by atoms with Gasteiger partial charge in [0.15, 0.2) is 0 Å². The first-order chi connectivity index (χ1) is 7.88. The van der Waals surface area contributed by atoms with Crippen molar-refractivity contribution in [3.63, 3.8) is 0 Å². The van der Waals surface area contributed by atoms with Crippen LogP contribution in [-0.2, 0) is 14.8 Å². The second-order valence-electron chi connectivity index (χ2n) is 4.32. The zero-order valence-corrected chi connectivity index (χ0v) is 11.0. The van der Waals surface area contributed by atoms with Crippen molar-refractivity contribution >= 4 is 10.0 Å². The molecule has 4 nitrogen and oxygen atoms in total. The maximum absolute atomic E-state index is 11.2. The lowest BCUT2D eigenvalue weighted by molar-refractivity contribution is 0.0707. The van der Waals surface area contributed by atoms with Crippen LogP contribution in [0.4, 0.5) is 0 Å². The smallest absolute Gasteiger partial charge is 0.209 e. The Kier molecular flexibility index (Phi) is 5.11. The van der Waals surface area contributed by atoms with Gasteiger partial charge in [0.25, 0.3) is 0 Å². The van der Waals surface area contributed by atoms with Gasteiger partial charge in [-0.05, 0) is 19.4 Å². The normalized spacial score (nSPS) is 13.9. The lowest BCUT2D eigenvalue weighted by Crippen LogP contribution is -2.25. The van der Waals surface area contributed by atoms with Gasteiger partial charge in [0.1, 0.15) is 0 Å². The van der Waals surface area contributed by atoms with Gasteiger partial charge < -0.3 is 4.74 Å². The summed E-state index contributed by atoms with van der Waals surface area (Å²) in [5.74, 6) is -0.308. The molecule has 17 heavy (non-hydrogen) atoms. The van der Waals surface area contributed by atoms with Crippen LogP contribution in [0.2, 0.25) is 0 Å². The van der Waals surface area contributed by atoms with Gasteiger partial charge in [0, 0.05) is 5.92 Å². The Balaban J connectivity index is 2.79. The van der Waals surface area contributed by atoms with Crippen molar-refractivity contribution in [3.8, 4) is 0 Å². The summed E-state index contributed by atoms with van der Waals surface area (Å²) in [7, 11) is -3.50. The third-order valence-corrected chi connectivity index (χ3v) is 3.20. The molecule has 1 rings (SSSR count). The Hall–Kier alpha value is -0.910. The van der Waals surface area contributed by atoms with Crippen LogP contribution in [0, 0.1) is 0 Å². The molecular formula is C12H19NO3S. The summed E-state index contributed by atoms with van der Waals surface area (Å²) < 4.78 is 27.8. The fraction of sp³-hybridized carbons (Fsp3) is 0.500. The molecule has 1 aromatic rings. The molecule has 96 valence electrons. The highest BCUT2D eigenvalue weighted by atomic mass is 32.2. The first kappa shape index (κ1) is 14.2. The zero-order chi connectivity index (χ0) is 12.9. The number of benzene rings is 1. The van der Waals surface area contributed by atoms with Crippen molar-refractivity contribution in [1.29, 1.82) is 0 Å². The van der Waals surface area contributed by atoms with Gasteiger partial charge in [-0.1, -0.05) is 30.3 Å². The number of hydrogen-bond donors (Lipinski definition) is 1. The predicted octanol–water partition coefficient (Wildman–Crippen LogP) is 1.48. The monoisotopic (exact) mass is 257 g/mol. The second-order valence-corrected chi connectivity index (χ2v) is 5.98. The molecule has 0 bridgehead atoms. The number of ether oxygens (including phenoxy) is 1. The van der Waals surface area contributed by atoms with Crippen molar-refractivity contribution in [3.05, 3.63) is 35.9 Å². The van der Waals surface area contributed by atoms with E-state index < -0.39 is 10.0 Å². The van der Waals surface area contributed by atoms with E-state index in [1.54, 1.807) is 0 Å². The molecule has 1 unspecified atom stereocenters. The van der Waals surface area contributed by atoms with E-state index in [9.17, 15) is 8.42 Å². The zero-order valence-electron chi connectivity index (χ0n) is 10.2. The van der Waals surface area contributed by atoms with E-state index in [-0.39, 0.29) is 17.8 Å². The maximum atomic E-state index is 11.2. The lowest BCUT2D eigenvalue weighted by Gasteiger charge is -2.18. The van der Waals surface area contributed by atoms with Crippen LogP contribution in [0.15, 0.2) is 30.3 Å². The Labute approximate surface area is 103 Å². The molecule has 5 heteroatoms. The fourth-order valence-corrected chi connectivity index (χ4v) is 2.40. The molecule has 0 aromatic heterocycles. The quantitative estimate of drug-likeness (QED) is 0.839. The predicted molar refractivity (Wildman–Crippen MR) is 68.2 cm³/mol. The Morgan fingerprint density at radius 1 is 1.24 bits per heavy atom. The summed E-state index contributed by atoms with van der Waals surface area (Å²) in [5, 5.41) is 5.10. The highest BCUT2D eigenvalue weighted by Crippen LogP contribution is 2.18. The molecule has 0 heterocycles. The molecule has 1 aromatic carbocycles. The third-order valence-electron chi connectivity index (χ3n) is 2.34. The van der Waals surface area contributed by atoms with Gasteiger partial charge in [-0.15, -0.1) is 0 Å². The summed E-state index contributed by atoms with van der Waals surface area (Å²) in [6.45, 7) is 4.19. The van der Waals surface area contributed by atoms with E-state index in [1.165, 1.54) is 0 Å². The van der Waals surface area contributed by atoms with Gasteiger partial charge in [-0.3, -0.25) is 0 Å². The minimum atomic E-state index is -3.50. The number of primary sulfonamides is 1. The van der Waals surface area contributed by atoms with Crippen LogP contribution in [0.3, 0.4) is 0 Å². The van der Waals surface area contributed by atoms with Gasteiger partial charge >= 0.3 is 0 Å². The fourth-order valence-electron chi connectivity index (χ4n) is 1.55. The lowest BCUT2D eigenvalue weighted by atomic mass is 10.0. The van der Waals surface area contributed by atoms with E-state index in [0.29, 0.717) is 6.61 Å². The van der Waals surface area contributed by atoms with Crippen molar-refractivity contribution < 1.29 is 13.2 Å². The molecule has 0 aliphatic heterocycles. The summed E-state index contributed by atoms with van der Waals surface area (Å²) in [6.07, 6.45) is 0.0710. The number of hydrogen-bond acceptors (Lipinski definition) is 3. The topological polar surface area (TPSA) is 69.4 Å². The molecular weight excluding hydrogens is 238 g/mol. The summed E-state index contributed by atoms with van der Waals surface area (Å²) in [5.41, 5.74) is 0.933. The molecule has 0 aliphatic rings. The average molecular weight is 257 g/mol. The second kappa shape index (κ2) is 6.14. The van der Waals surface area contributed by atoms with Gasteiger partial charge in [0.2, 0.25) is 10.0 Å². The molecule has 2 N–H and O–H groups in total. The SMILES string of the molecule is CC(C)OCC(CS(N)(=O)=O)c1ccccc1.